The van der Waals surface area contributed by atoms with E-state index < -0.39 is 21.8 Å². The van der Waals surface area contributed by atoms with Crippen molar-refractivity contribution in [3.63, 3.8) is 0 Å². The van der Waals surface area contributed by atoms with Gasteiger partial charge in [0.25, 0.3) is 0 Å². The molecule has 0 aliphatic carbocycles. The summed E-state index contributed by atoms with van der Waals surface area (Å²) in [5.41, 5.74) is 1.91. The maximum Gasteiger partial charge on any atom is 0.243 e. The summed E-state index contributed by atoms with van der Waals surface area (Å²) >= 11 is 0. The quantitative estimate of drug-likeness (QED) is 0.664. The Kier molecular flexibility index (Phi) is 5.35. The fourth-order valence-corrected chi connectivity index (χ4v) is 4.90. The summed E-state index contributed by atoms with van der Waals surface area (Å²) in [4.78, 5) is 17.1. The largest absolute Gasteiger partial charge is 0.350 e. The molecule has 10 heteroatoms. The number of nitrogens with one attached hydrogen (secondary N) is 1. The highest BCUT2D eigenvalue weighted by Gasteiger charge is 2.38. The van der Waals surface area contributed by atoms with E-state index in [9.17, 15) is 17.6 Å². The first-order valence-corrected chi connectivity index (χ1v) is 10.7. The molecule has 2 aromatic heterocycles. The Morgan fingerprint density at radius 2 is 2.00 bits per heavy atom. The Balaban J connectivity index is 1.60. The molecule has 1 aromatic carbocycles. The summed E-state index contributed by atoms with van der Waals surface area (Å²) in [6, 6.07) is 10.0. The number of carbonyl (C=O) groups is 1. The van der Waals surface area contributed by atoms with E-state index in [0.717, 1.165) is 12.1 Å². The van der Waals surface area contributed by atoms with Crippen LogP contribution in [0.5, 0.6) is 0 Å². The molecule has 0 radical (unpaired) electrons. The standard InChI is InChI=1S/C20H20FN5O3S/c1-25-11-14-12-26(30(28,29)17-7-5-15(21)6-8-17)13-18(19(14)24-25)20(27)23-10-16-4-2-3-9-22-16/h2-9,11,18H,10,12-13H2,1H3,(H,23,27). The second-order valence-electron chi connectivity index (χ2n) is 7.06. The topological polar surface area (TPSA) is 97.2 Å². The number of amides is 1. The van der Waals surface area contributed by atoms with Crippen LogP contribution in [-0.2, 0) is 35.0 Å². The highest BCUT2D eigenvalue weighted by atomic mass is 32.2. The van der Waals surface area contributed by atoms with Gasteiger partial charge in [0.1, 0.15) is 5.82 Å². The van der Waals surface area contributed by atoms with Gasteiger partial charge in [-0.1, -0.05) is 6.07 Å². The van der Waals surface area contributed by atoms with Crippen molar-refractivity contribution in [2.75, 3.05) is 6.54 Å². The van der Waals surface area contributed by atoms with Crippen LogP contribution in [-0.4, -0.2) is 39.9 Å². The molecule has 1 aliphatic heterocycles. The maximum absolute atomic E-state index is 13.2. The highest BCUT2D eigenvalue weighted by molar-refractivity contribution is 7.89. The molecule has 1 aliphatic rings. The van der Waals surface area contributed by atoms with Crippen molar-refractivity contribution in [1.82, 2.24) is 24.4 Å². The summed E-state index contributed by atoms with van der Waals surface area (Å²) in [6.45, 7) is 0.258. The summed E-state index contributed by atoms with van der Waals surface area (Å²) < 4.78 is 42.2. The van der Waals surface area contributed by atoms with Crippen molar-refractivity contribution in [2.45, 2.75) is 23.9 Å². The molecule has 30 heavy (non-hydrogen) atoms. The number of fused-ring (bicyclic) bond motifs is 1. The average Bonchev–Trinajstić information content (AvgIpc) is 3.12. The predicted octanol–water partition coefficient (Wildman–Crippen LogP) is 1.56. The van der Waals surface area contributed by atoms with Crippen molar-refractivity contribution in [1.29, 1.82) is 0 Å². The summed E-state index contributed by atoms with van der Waals surface area (Å²) in [6.07, 6.45) is 3.34. The number of pyridine rings is 1. The third-order valence-corrected chi connectivity index (χ3v) is 6.76. The fraction of sp³-hybridized carbons (Fsp3) is 0.250. The number of sulfonamides is 1. The summed E-state index contributed by atoms with van der Waals surface area (Å²) in [5.74, 6) is -1.62. The Morgan fingerprint density at radius 1 is 1.23 bits per heavy atom. The number of rotatable bonds is 5. The number of halogens is 1. The van der Waals surface area contributed by atoms with Gasteiger partial charge in [0.05, 0.1) is 28.7 Å². The van der Waals surface area contributed by atoms with Gasteiger partial charge < -0.3 is 5.32 Å². The molecule has 8 nitrogen and oxygen atoms in total. The normalized spacial score (nSPS) is 16.8. The molecular weight excluding hydrogens is 409 g/mol. The van der Waals surface area contributed by atoms with Crippen LogP contribution in [0.15, 0.2) is 59.8 Å². The number of carbonyl (C=O) groups excluding carboxylic acids is 1. The van der Waals surface area contributed by atoms with Crippen LogP contribution in [0.25, 0.3) is 0 Å². The number of hydrogen-bond acceptors (Lipinski definition) is 5. The van der Waals surface area contributed by atoms with Crippen LogP contribution in [0.3, 0.4) is 0 Å². The minimum atomic E-state index is -3.91. The molecule has 1 unspecified atom stereocenters. The van der Waals surface area contributed by atoms with Gasteiger partial charge in [-0.3, -0.25) is 14.5 Å². The van der Waals surface area contributed by atoms with Gasteiger partial charge in [-0.2, -0.15) is 9.40 Å². The zero-order valence-electron chi connectivity index (χ0n) is 16.2. The van der Waals surface area contributed by atoms with Crippen molar-refractivity contribution in [2.24, 2.45) is 7.05 Å². The molecule has 1 amide bonds. The molecule has 1 atom stereocenters. The van der Waals surface area contributed by atoms with E-state index in [4.69, 9.17) is 0 Å². The Labute approximate surface area is 173 Å². The van der Waals surface area contributed by atoms with E-state index in [1.165, 1.54) is 16.4 Å². The molecule has 0 spiro atoms. The predicted molar refractivity (Wildman–Crippen MR) is 106 cm³/mol. The van der Waals surface area contributed by atoms with E-state index in [-0.39, 0.29) is 30.4 Å². The van der Waals surface area contributed by atoms with E-state index in [1.807, 2.05) is 6.07 Å². The van der Waals surface area contributed by atoms with Gasteiger partial charge in [-0.25, -0.2) is 12.8 Å². The van der Waals surface area contributed by atoms with Crippen molar-refractivity contribution >= 4 is 15.9 Å². The van der Waals surface area contributed by atoms with E-state index in [0.29, 0.717) is 17.0 Å². The summed E-state index contributed by atoms with van der Waals surface area (Å²) in [5, 5.41) is 7.19. The lowest BCUT2D eigenvalue weighted by atomic mass is 9.97. The second-order valence-corrected chi connectivity index (χ2v) is 8.99. The third kappa shape index (κ3) is 3.96. The number of nitrogens with zero attached hydrogens (tertiary/aromatic N) is 4. The number of aryl methyl sites for hydroxylation is 1. The first kappa shape index (κ1) is 20.2. The zero-order valence-corrected chi connectivity index (χ0v) is 17.0. The Hall–Kier alpha value is -3.11. The smallest absolute Gasteiger partial charge is 0.243 e. The van der Waals surface area contributed by atoms with Crippen LogP contribution in [0.1, 0.15) is 22.9 Å². The second kappa shape index (κ2) is 7.96. The number of aromatic nitrogens is 3. The Bertz CT molecular complexity index is 1160. The van der Waals surface area contributed by atoms with Crippen LogP contribution in [0.2, 0.25) is 0 Å². The van der Waals surface area contributed by atoms with Gasteiger partial charge >= 0.3 is 0 Å². The molecule has 0 fully saturated rings. The van der Waals surface area contributed by atoms with Crippen LogP contribution in [0.4, 0.5) is 4.39 Å². The van der Waals surface area contributed by atoms with Crippen LogP contribution in [0, 0.1) is 5.82 Å². The molecule has 0 saturated heterocycles. The molecule has 1 N–H and O–H groups in total. The lowest BCUT2D eigenvalue weighted by Gasteiger charge is -2.30. The minimum absolute atomic E-state index is 0.0242. The molecule has 0 saturated carbocycles. The number of hydrogen-bond donors (Lipinski definition) is 1. The highest BCUT2D eigenvalue weighted by Crippen LogP contribution is 2.31. The maximum atomic E-state index is 13.2. The van der Waals surface area contributed by atoms with E-state index in [1.54, 1.807) is 36.3 Å². The van der Waals surface area contributed by atoms with Gasteiger partial charge in [0.15, 0.2) is 0 Å². The van der Waals surface area contributed by atoms with Gasteiger partial charge in [-0.15, -0.1) is 0 Å². The Morgan fingerprint density at radius 3 is 2.70 bits per heavy atom. The summed E-state index contributed by atoms with van der Waals surface area (Å²) in [7, 11) is -2.19. The van der Waals surface area contributed by atoms with Crippen LogP contribution < -0.4 is 5.32 Å². The fourth-order valence-electron chi connectivity index (χ4n) is 3.46. The van der Waals surface area contributed by atoms with Crippen molar-refractivity contribution < 1.29 is 17.6 Å². The van der Waals surface area contributed by atoms with Gasteiger partial charge in [0, 0.05) is 38.1 Å². The number of benzene rings is 1. The third-order valence-electron chi connectivity index (χ3n) is 4.94. The van der Waals surface area contributed by atoms with E-state index in [2.05, 4.69) is 15.4 Å². The first-order valence-electron chi connectivity index (χ1n) is 9.30. The zero-order chi connectivity index (χ0) is 21.3. The molecular formula is C20H20FN5O3S. The lowest BCUT2D eigenvalue weighted by molar-refractivity contribution is -0.123. The van der Waals surface area contributed by atoms with Crippen LogP contribution >= 0.6 is 0 Å². The van der Waals surface area contributed by atoms with Crippen molar-refractivity contribution in [3.8, 4) is 0 Å². The molecule has 3 heterocycles. The van der Waals surface area contributed by atoms with Crippen molar-refractivity contribution in [3.05, 3.63) is 77.6 Å². The molecule has 156 valence electrons. The van der Waals surface area contributed by atoms with Gasteiger partial charge in [-0.05, 0) is 36.4 Å². The monoisotopic (exact) mass is 429 g/mol. The molecule has 0 bridgehead atoms. The van der Waals surface area contributed by atoms with Gasteiger partial charge in [0.2, 0.25) is 15.9 Å². The molecule has 3 aromatic rings. The first-order chi connectivity index (χ1) is 14.3. The lowest BCUT2D eigenvalue weighted by Crippen LogP contribution is -2.43. The van der Waals surface area contributed by atoms with E-state index >= 15 is 0 Å². The molecule has 4 rings (SSSR count). The SMILES string of the molecule is Cn1cc2c(n1)C(C(=O)NCc1ccccn1)CN(S(=O)(=O)c1ccc(F)cc1)C2. The average molecular weight is 429 g/mol. The minimum Gasteiger partial charge on any atom is -0.350 e.